The van der Waals surface area contributed by atoms with Crippen LogP contribution in [0.3, 0.4) is 0 Å². The Kier molecular flexibility index (Phi) is 8.72. The van der Waals surface area contributed by atoms with Gasteiger partial charge in [0, 0.05) is 61.2 Å². The number of aromatic nitrogens is 1. The number of hydrogen-bond donors (Lipinski definition) is 0. The van der Waals surface area contributed by atoms with Crippen molar-refractivity contribution in [2.45, 2.75) is 12.3 Å². The van der Waals surface area contributed by atoms with Gasteiger partial charge in [-0.15, -0.1) is 0 Å². The third-order valence-corrected chi connectivity index (χ3v) is 14.2. The van der Waals surface area contributed by atoms with Crippen LogP contribution in [-0.4, -0.2) is 4.57 Å². The number of fused-ring (bicyclic) bond motifs is 9. The monoisotopic (exact) mass is 844 g/mol. The predicted molar refractivity (Wildman–Crippen MR) is 277 cm³/mol. The van der Waals surface area contributed by atoms with Crippen molar-refractivity contribution in [3.63, 3.8) is 0 Å². The first-order valence-corrected chi connectivity index (χ1v) is 22.9. The molecule has 0 radical (unpaired) electrons. The summed E-state index contributed by atoms with van der Waals surface area (Å²) in [6.45, 7) is 2.36. The summed E-state index contributed by atoms with van der Waals surface area (Å²) < 4.78 is 8.82. The fourth-order valence-electron chi connectivity index (χ4n) is 10.8. The molecule has 0 saturated carbocycles. The molecule has 2 aliphatic carbocycles. The second-order valence-electron chi connectivity index (χ2n) is 17.9. The number of para-hydroxylation sites is 4. The first-order valence-electron chi connectivity index (χ1n) is 22.9. The minimum Gasteiger partial charge on any atom is -0.455 e. The van der Waals surface area contributed by atoms with Gasteiger partial charge in [0.05, 0.1) is 11.0 Å². The van der Waals surface area contributed by atoms with Crippen molar-refractivity contribution >= 4 is 66.9 Å². The van der Waals surface area contributed by atoms with Gasteiger partial charge < -0.3 is 13.9 Å². The van der Waals surface area contributed by atoms with Crippen molar-refractivity contribution in [1.82, 2.24) is 4.57 Å². The van der Waals surface area contributed by atoms with Crippen LogP contribution in [0.1, 0.15) is 18.1 Å². The van der Waals surface area contributed by atoms with E-state index in [2.05, 4.69) is 247 Å². The molecule has 2 unspecified atom stereocenters. The molecular weight excluding hydrogens is 801 g/mol. The number of allylic oxidation sites excluding steroid dienone is 5. The molecule has 2 heterocycles. The van der Waals surface area contributed by atoms with Gasteiger partial charge in [-0.3, -0.25) is 0 Å². The maximum absolute atomic E-state index is 6.45. The van der Waals surface area contributed by atoms with Crippen LogP contribution in [0.25, 0.3) is 88.9 Å². The average Bonchev–Trinajstić information content (AvgIpc) is 3.93. The lowest BCUT2D eigenvalue weighted by atomic mass is 9.65. The predicted octanol–water partition coefficient (Wildman–Crippen LogP) is 17.2. The van der Waals surface area contributed by atoms with Crippen molar-refractivity contribution in [2.75, 3.05) is 4.90 Å². The fourth-order valence-corrected chi connectivity index (χ4v) is 10.8. The Morgan fingerprint density at radius 2 is 0.985 bits per heavy atom. The first kappa shape index (κ1) is 38.1. The summed E-state index contributed by atoms with van der Waals surface area (Å²) >= 11 is 0. The number of rotatable bonds is 7. The highest BCUT2D eigenvalue weighted by Gasteiger charge is 2.36. The summed E-state index contributed by atoms with van der Waals surface area (Å²) in [5.41, 5.74) is 18.2. The standard InChI is InChI=1S/C63H44N2O/c1-63-41-9-8-12-46(63)31-40-53-51(16-11-19-58(53)63)44-27-36-48(37-28-44)64(49-38-29-45(30-39-49)52-17-10-18-57-56-15-4-7-22-61(56)66-62(52)57)47-32-23-42(24-33-47)43-25-34-50(35-26-43)65-59-20-5-2-13-54(59)55-14-3-6-21-60(55)65/h2-41,46H,1H3. The number of anilines is 3. The van der Waals surface area contributed by atoms with E-state index < -0.39 is 0 Å². The van der Waals surface area contributed by atoms with Crippen molar-refractivity contribution in [1.29, 1.82) is 0 Å². The van der Waals surface area contributed by atoms with Crippen molar-refractivity contribution in [2.24, 2.45) is 5.92 Å². The molecule has 0 amide bonds. The zero-order valence-electron chi connectivity index (χ0n) is 36.5. The van der Waals surface area contributed by atoms with Crippen LogP contribution < -0.4 is 4.90 Å². The number of nitrogens with zero attached hydrogens (tertiary/aromatic N) is 2. The minimum atomic E-state index is -0.0613. The summed E-state index contributed by atoms with van der Waals surface area (Å²) in [6.07, 6.45) is 13.7. The normalized spacial score (nSPS) is 16.3. The van der Waals surface area contributed by atoms with E-state index in [9.17, 15) is 0 Å². The van der Waals surface area contributed by atoms with Gasteiger partial charge in [-0.05, 0) is 106 Å². The number of hydrogen-bond acceptors (Lipinski definition) is 2. The Balaban J connectivity index is 0.866. The highest BCUT2D eigenvalue weighted by atomic mass is 16.3. The van der Waals surface area contributed by atoms with Crippen LogP contribution in [0.2, 0.25) is 0 Å². The van der Waals surface area contributed by atoms with Gasteiger partial charge in [-0.2, -0.15) is 0 Å². The van der Waals surface area contributed by atoms with Crippen LogP contribution in [0, 0.1) is 5.92 Å². The lowest BCUT2D eigenvalue weighted by Gasteiger charge is -2.38. The van der Waals surface area contributed by atoms with Crippen molar-refractivity contribution in [3.8, 4) is 39.1 Å². The van der Waals surface area contributed by atoms with Crippen molar-refractivity contribution < 1.29 is 4.42 Å². The van der Waals surface area contributed by atoms with Crippen LogP contribution in [-0.2, 0) is 5.41 Å². The topological polar surface area (TPSA) is 21.3 Å². The van der Waals surface area contributed by atoms with E-state index in [0.717, 1.165) is 55.8 Å². The molecule has 3 heteroatoms. The molecule has 0 saturated heterocycles. The third kappa shape index (κ3) is 6.04. The Bertz CT molecular complexity index is 3700. The van der Waals surface area contributed by atoms with Crippen LogP contribution in [0.4, 0.5) is 17.1 Å². The molecule has 0 N–H and O–H groups in total. The van der Waals surface area contributed by atoms with Gasteiger partial charge in [0.2, 0.25) is 0 Å². The van der Waals surface area contributed by atoms with E-state index >= 15 is 0 Å². The lowest BCUT2D eigenvalue weighted by Crippen LogP contribution is -2.32. The molecule has 13 rings (SSSR count). The van der Waals surface area contributed by atoms with E-state index in [1.165, 1.54) is 55.2 Å². The maximum atomic E-state index is 6.45. The Morgan fingerprint density at radius 3 is 1.65 bits per heavy atom. The summed E-state index contributed by atoms with van der Waals surface area (Å²) in [7, 11) is 0. The first-order chi connectivity index (χ1) is 32.6. The molecule has 3 nitrogen and oxygen atoms in total. The Labute approximate surface area is 384 Å². The van der Waals surface area contributed by atoms with Gasteiger partial charge in [-0.1, -0.05) is 183 Å². The zero-order chi connectivity index (χ0) is 43.8. The zero-order valence-corrected chi connectivity index (χ0v) is 36.5. The molecule has 2 atom stereocenters. The molecule has 2 aromatic heterocycles. The summed E-state index contributed by atoms with van der Waals surface area (Å²) in [4.78, 5) is 2.36. The average molecular weight is 845 g/mol. The van der Waals surface area contributed by atoms with Gasteiger partial charge in [0.1, 0.15) is 11.2 Å². The summed E-state index contributed by atoms with van der Waals surface area (Å²) in [6, 6.07) is 74.8. The molecule has 11 aromatic rings. The molecule has 0 aliphatic heterocycles. The number of benzene rings is 9. The number of furan rings is 1. The molecule has 0 fully saturated rings. The molecule has 9 aromatic carbocycles. The largest absolute Gasteiger partial charge is 0.455 e. The molecule has 66 heavy (non-hydrogen) atoms. The maximum Gasteiger partial charge on any atom is 0.143 e. The molecule has 312 valence electrons. The highest BCUT2D eigenvalue weighted by Crippen LogP contribution is 2.47. The third-order valence-electron chi connectivity index (χ3n) is 14.2. The Hall–Kier alpha value is -8.40. The summed E-state index contributed by atoms with van der Waals surface area (Å²) in [5.74, 6) is 0.358. The molecule has 2 aliphatic rings. The quantitative estimate of drug-likeness (QED) is 0.159. The summed E-state index contributed by atoms with van der Waals surface area (Å²) in [5, 5.41) is 4.80. The van der Waals surface area contributed by atoms with Gasteiger partial charge in [-0.25, -0.2) is 0 Å². The van der Waals surface area contributed by atoms with Crippen LogP contribution in [0.5, 0.6) is 0 Å². The second kappa shape index (κ2) is 15.1. The van der Waals surface area contributed by atoms with E-state index in [4.69, 9.17) is 4.42 Å². The molecule has 0 bridgehead atoms. The molecule has 0 spiro atoms. The van der Waals surface area contributed by atoms with Gasteiger partial charge >= 0.3 is 0 Å². The Morgan fingerprint density at radius 1 is 0.455 bits per heavy atom. The minimum absolute atomic E-state index is 0.0613. The van der Waals surface area contributed by atoms with Crippen molar-refractivity contribution in [3.05, 3.63) is 248 Å². The highest BCUT2D eigenvalue weighted by molar-refractivity contribution is 6.10. The fraction of sp³-hybridized carbons (Fsp3) is 0.0476. The SMILES string of the molecule is CC12C=CC=CC1C=Cc1c(-c3ccc(N(c4ccc(-c5ccc(-n6c7ccccc7c7ccccc76)cc5)cc4)c4ccc(-c5cccc6c5oc5ccccc56)cc4)cc3)cccc12. The van der Waals surface area contributed by atoms with E-state index in [-0.39, 0.29) is 5.41 Å². The van der Waals surface area contributed by atoms with E-state index in [1.54, 1.807) is 0 Å². The van der Waals surface area contributed by atoms with E-state index in [0.29, 0.717) is 5.92 Å². The molecular formula is C63H44N2O. The van der Waals surface area contributed by atoms with Gasteiger partial charge in [0.25, 0.3) is 0 Å². The van der Waals surface area contributed by atoms with Crippen LogP contribution in [0.15, 0.2) is 241 Å². The van der Waals surface area contributed by atoms with Gasteiger partial charge in [0.15, 0.2) is 0 Å². The van der Waals surface area contributed by atoms with E-state index in [1.807, 2.05) is 12.1 Å². The lowest BCUT2D eigenvalue weighted by molar-refractivity contribution is 0.493. The smallest absolute Gasteiger partial charge is 0.143 e. The van der Waals surface area contributed by atoms with Crippen LogP contribution >= 0.6 is 0 Å². The second-order valence-corrected chi connectivity index (χ2v) is 17.9.